The Hall–Kier alpha value is -4.26. The Morgan fingerprint density at radius 3 is 2.30 bits per heavy atom. The van der Waals surface area contributed by atoms with Gasteiger partial charge in [0.1, 0.15) is 5.70 Å². The largest absolute Gasteiger partial charge is 0.321 e. The molecule has 0 radical (unpaired) electrons. The Labute approximate surface area is 173 Å². The van der Waals surface area contributed by atoms with Gasteiger partial charge in [0.25, 0.3) is 17.5 Å². The first-order valence-electron chi connectivity index (χ1n) is 9.13. The fourth-order valence-corrected chi connectivity index (χ4v) is 2.67. The molecular weight excluding hydrogens is 382 g/mol. The summed E-state index contributed by atoms with van der Waals surface area (Å²) in [5, 5.41) is 16.4. The van der Waals surface area contributed by atoms with Crippen molar-refractivity contribution < 1.29 is 14.5 Å². The monoisotopic (exact) mass is 401 g/mol. The highest BCUT2D eigenvalue weighted by atomic mass is 16.6. The average molecular weight is 401 g/mol. The van der Waals surface area contributed by atoms with Crippen molar-refractivity contribution in [2.45, 2.75) is 6.92 Å². The van der Waals surface area contributed by atoms with E-state index in [2.05, 4.69) is 10.6 Å². The van der Waals surface area contributed by atoms with Crippen molar-refractivity contribution >= 4 is 29.3 Å². The molecule has 0 aliphatic carbocycles. The van der Waals surface area contributed by atoms with Crippen molar-refractivity contribution in [3.8, 4) is 0 Å². The molecule has 0 aliphatic rings. The van der Waals surface area contributed by atoms with E-state index in [0.29, 0.717) is 16.8 Å². The molecule has 7 nitrogen and oxygen atoms in total. The number of anilines is 1. The zero-order valence-electron chi connectivity index (χ0n) is 16.2. The number of carbonyl (C=O) groups excluding carboxylic acids is 2. The normalized spacial score (nSPS) is 10.9. The minimum atomic E-state index is -0.547. The van der Waals surface area contributed by atoms with Gasteiger partial charge in [-0.3, -0.25) is 19.7 Å². The van der Waals surface area contributed by atoms with E-state index in [0.717, 1.165) is 5.56 Å². The van der Waals surface area contributed by atoms with Gasteiger partial charge in [0.05, 0.1) is 4.92 Å². The van der Waals surface area contributed by atoms with Gasteiger partial charge in [0.2, 0.25) is 0 Å². The summed E-state index contributed by atoms with van der Waals surface area (Å²) in [6.07, 6.45) is 1.40. The molecule has 0 atom stereocenters. The highest BCUT2D eigenvalue weighted by Crippen LogP contribution is 2.17. The summed E-state index contributed by atoms with van der Waals surface area (Å²) in [6.45, 7) is 1.93. The standard InChI is InChI=1S/C23H19N3O4/c1-16-10-12-19(13-11-16)24-23(28)21(25-22(27)18-7-3-2-4-8-18)15-17-6-5-9-20(14-17)26(29)30/h2-15H,1H3,(H,24,28)(H,25,27). The van der Waals surface area contributed by atoms with Crippen LogP contribution in [-0.4, -0.2) is 16.7 Å². The van der Waals surface area contributed by atoms with Crippen LogP contribution in [0.25, 0.3) is 6.08 Å². The number of hydrogen-bond acceptors (Lipinski definition) is 4. The van der Waals surface area contributed by atoms with Crippen LogP contribution in [0.15, 0.2) is 84.6 Å². The number of amides is 2. The predicted molar refractivity (Wildman–Crippen MR) is 115 cm³/mol. The van der Waals surface area contributed by atoms with Gasteiger partial charge in [-0.1, -0.05) is 48.0 Å². The number of non-ortho nitro benzene ring substituents is 1. The van der Waals surface area contributed by atoms with Gasteiger partial charge in [-0.15, -0.1) is 0 Å². The second-order valence-electron chi connectivity index (χ2n) is 6.55. The number of nitro groups is 1. The molecule has 0 aromatic heterocycles. The van der Waals surface area contributed by atoms with Gasteiger partial charge < -0.3 is 10.6 Å². The summed E-state index contributed by atoms with van der Waals surface area (Å²) < 4.78 is 0. The minimum absolute atomic E-state index is 0.0371. The zero-order valence-corrected chi connectivity index (χ0v) is 16.2. The molecule has 7 heteroatoms. The molecule has 2 N–H and O–H groups in total. The Morgan fingerprint density at radius 1 is 0.933 bits per heavy atom. The molecule has 0 bridgehead atoms. The zero-order chi connectivity index (χ0) is 21.5. The third-order valence-corrected chi connectivity index (χ3v) is 4.23. The lowest BCUT2D eigenvalue weighted by molar-refractivity contribution is -0.384. The Kier molecular flexibility index (Phi) is 6.34. The molecule has 0 aliphatic heterocycles. The van der Waals surface area contributed by atoms with Crippen molar-refractivity contribution in [2.24, 2.45) is 0 Å². The van der Waals surface area contributed by atoms with E-state index in [1.54, 1.807) is 48.5 Å². The van der Waals surface area contributed by atoms with Gasteiger partial charge in [0.15, 0.2) is 0 Å². The molecule has 0 saturated carbocycles. The van der Waals surface area contributed by atoms with Crippen LogP contribution in [-0.2, 0) is 4.79 Å². The first kappa shape index (κ1) is 20.5. The molecular formula is C23H19N3O4. The SMILES string of the molecule is Cc1ccc(NC(=O)C(=Cc2cccc([N+](=O)[O-])c2)NC(=O)c2ccccc2)cc1. The molecule has 0 saturated heterocycles. The van der Waals surface area contributed by atoms with Crippen molar-refractivity contribution in [3.63, 3.8) is 0 Å². The van der Waals surface area contributed by atoms with Gasteiger partial charge in [0, 0.05) is 23.4 Å². The predicted octanol–water partition coefficient (Wildman–Crippen LogP) is 4.31. The van der Waals surface area contributed by atoms with Crippen molar-refractivity contribution in [1.29, 1.82) is 0 Å². The first-order chi connectivity index (χ1) is 14.4. The molecule has 0 fully saturated rings. The number of aryl methyl sites for hydroxylation is 1. The van der Waals surface area contributed by atoms with E-state index in [1.165, 1.54) is 24.3 Å². The fraction of sp³-hybridized carbons (Fsp3) is 0.0435. The Bertz CT molecular complexity index is 1110. The number of hydrogen-bond donors (Lipinski definition) is 2. The maximum atomic E-state index is 12.9. The number of nitrogens with zero attached hydrogens (tertiary/aromatic N) is 1. The smallest absolute Gasteiger partial charge is 0.272 e. The second kappa shape index (κ2) is 9.29. The summed E-state index contributed by atoms with van der Waals surface area (Å²) >= 11 is 0. The van der Waals surface area contributed by atoms with Crippen LogP contribution in [0.2, 0.25) is 0 Å². The fourth-order valence-electron chi connectivity index (χ4n) is 2.67. The van der Waals surface area contributed by atoms with Crippen LogP contribution in [0.4, 0.5) is 11.4 Å². The van der Waals surface area contributed by atoms with Gasteiger partial charge in [-0.2, -0.15) is 0 Å². The van der Waals surface area contributed by atoms with Crippen LogP contribution in [0.5, 0.6) is 0 Å². The molecule has 2 amide bonds. The number of benzene rings is 3. The quantitative estimate of drug-likeness (QED) is 0.365. The van der Waals surface area contributed by atoms with E-state index >= 15 is 0 Å². The summed E-state index contributed by atoms with van der Waals surface area (Å²) in [5.74, 6) is -1.01. The van der Waals surface area contributed by atoms with Gasteiger partial charge in [-0.05, 0) is 42.8 Å². The highest BCUT2D eigenvalue weighted by Gasteiger charge is 2.16. The third kappa shape index (κ3) is 5.39. The maximum Gasteiger partial charge on any atom is 0.272 e. The lowest BCUT2D eigenvalue weighted by Gasteiger charge is -2.11. The van der Waals surface area contributed by atoms with Gasteiger partial charge >= 0.3 is 0 Å². The van der Waals surface area contributed by atoms with E-state index in [9.17, 15) is 19.7 Å². The van der Waals surface area contributed by atoms with Crippen LogP contribution in [0.3, 0.4) is 0 Å². The highest BCUT2D eigenvalue weighted by molar-refractivity contribution is 6.10. The first-order valence-corrected chi connectivity index (χ1v) is 9.13. The van der Waals surface area contributed by atoms with E-state index in [-0.39, 0.29) is 11.4 Å². The molecule has 150 valence electrons. The molecule has 0 heterocycles. The van der Waals surface area contributed by atoms with E-state index in [4.69, 9.17) is 0 Å². The van der Waals surface area contributed by atoms with Crippen LogP contribution < -0.4 is 10.6 Å². The Balaban J connectivity index is 1.92. The minimum Gasteiger partial charge on any atom is -0.321 e. The van der Waals surface area contributed by atoms with Crippen LogP contribution in [0.1, 0.15) is 21.5 Å². The Morgan fingerprint density at radius 2 is 1.63 bits per heavy atom. The third-order valence-electron chi connectivity index (χ3n) is 4.23. The van der Waals surface area contributed by atoms with Gasteiger partial charge in [-0.25, -0.2) is 0 Å². The molecule has 3 aromatic rings. The maximum absolute atomic E-state index is 12.9. The lowest BCUT2D eigenvalue weighted by atomic mass is 10.1. The number of nitrogens with one attached hydrogen (secondary N) is 2. The van der Waals surface area contributed by atoms with Crippen molar-refractivity contribution in [2.75, 3.05) is 5.32 Å². The van der Waals surface area contributed by atoms with E-state index < -0.39 is 16.7 Å². The summed E-state index contributed by atoms with van der Waals surface area (Å²) in [7, 11) is 0. The molecule has 0 spiro atoms. The topological polar surface area (TPSA) is 101 Å². The number of nitro benzene ring substituents is 1. The average Bonchev–Trinajstić information content (AvgIpc) is 2.75. The van der Waals surface area contributed by atoms with Crippen LogP contribution >= 0.6 is 0 Å². The van der Waals surface area contributed by atoms with E-state index in [1.807, 2.05) is 19.1 Å². The second-order valence-corrected chi connectivity index (χ2v) is 6.55. The molecule has 3 aromatic carbocycles. The molecule has 0 unspecified atom stereocenters. The molecule has 3 rings (SSSR count). The lowest BCUT2D eigenvalue weighted by Crippen LogP contribution is -2.30. The van der Waals surface area contributed by atoms with Crippen molar-refractivity contribution in [1.82, 2.24) is 5.32 Å². The number of rotatable bonds is 6. The summed E-state index contributed by atoms with van der Waals surface area (Å²) in [6, 6.07) is 21.4. The van der Waals surface area contributed by atoms with Crippen molar-refractivity contribution in [3.05, 3.63) is 111 Å². The van der Waals surface area contributed by atoms with Crippen LogP contribution in [0, 0.1) is 17.0 Å². The number of carbonyl (C=O) groups is 2. The summed E-state index contributed by atoms with van der Waals surface area (Å²) in [4.78, 5) is 36.0. The summed E-state index contributed by atoms with van der Waals surface area (Å²) in [5.41, 5.74) is 2.24. The molecule has 30 heavy (non-hydrogen) atoms.